The SMILES string of the molecule is c1cc(-c2cnc3c4cc(C5CCCCC5)ccc4c4ccc(C5CCCCC5)cc4c3n2)cc(-c2c3oc4ccccc4c3cc3oc4ccccc4c23)c1. The average Bonchev–Trinajstić information content (AvgIpc) is 3.84. The summed E-state index contributed by atoms with van der Waals surface area (Å²) < 4.78 is 13.2. The van der Waals surface area contributed by atoms with Crippen LogP contribution in [0.4, 0.5) is 0 Å². The largest absolute Gasteiger partial charge is 0.456 e. The molecule has 0 spiro atoms. The van der Waals surface area contributed by atoms with Crippen LogP contribution in [0.15, 0.2) is 130 Å². The quantitative estimate of drug-likeness (QED) is 0.169. The third kappa shape index (κ3) is 5.04. The van der Waals surface area contributed by atoms with Crippen LogP contribution in [-0.4, -0.2) is 9.97 Å². The van der Waals surface area contributed by atoms with Crippen LogP contribution >= 0.6 is 0 Å². The van der Waals surface area contributed by atoms with Gasteiger partial charge >= 0.3 is 0 Å². The molecule has 3 aromatic heterocycles. The first-order valence-electron chi connectivity index (χ1n) is 20.8. The number of fused-ring (bicyclic) bond motifs is 12. The summed E-state index contributed by atoms with van der Waals surface area (Å²) in [5.41, 5.74) is 12.4. The molecule has 7 aromatic carbocycles. The van der Waals surface area contributed by atoms with Gasteiger partial charge in [-0.15, -0.1) is 0 Å². The molecule has 2 aliphatic carbocycles. The molecule has 3 heterocycles. The van der Waals surface area contributed by atoms with Crippen LogP contribution in [0.5, 0.6) is 0 Å². The molecular formula is C52H42N2O2. The minimum Gasteiger partial charge on any atom is -0.456 e. The lowest BCUT2D eigenvalue weighted by Crippen LogP contribution is -2.05. The Morgan fingerprint density at radius 2 is 1.07 bits per heavy atom. The van der Waals surface area contributed by atoms with Crippen molar-refractivity contribution in [2.24, 2.45) is 0 Å². The standard InChI is InChI=1S/C52H42N2O2/c1-3-12-31(13-4-1)33-22-24-37-38-25-23-34(32-14-5-2-6-15-32)28-42(38)51-50(41(37)27-33)53-30-44(54-51)35-16-11-17-36(26-35)48-49-40-19-8-10-21-46(40)55-47(49)29-43-39-18-7-9-20-45(39)56-52(43)48/h7-11,16-32H,1-6,12-15H2. The Morgan fingerprint density at radius 3 is 1.79 bits per heavy atom. The minimum atomic E-state index is 0.609. The number of aromatic nitrogens is 2. The fourth-order valence-electron chi connectivity index (χ4n) is 10.5. The zero-order valence-electron chi connectivity index (χ0n) is 31.5. The van der Waals surface area contributed by atoms with Gasteiger partial charge in [0.15, 0.2) is 0 Å². The van der Waals surface area contributed by atoms with Gasteiger partial charge < -0.3 is 8.83 Å². The second-order valence-corrected chi connectivity index (χ2v) is 16.5. The van der Waals surface area contributed by atoms with E-state index in [4.69, 9.17) is 18.8 Å². The Hall–Kier alpha value is -6.00. The van der Waals surface area contributed by atoms with E-state index in [1.54, 1.807) is 0 Å². The van der Waals surface area contributed by atoms with Gasteiger partial charge in [0.25, 0.3) is 0 Å². The number of nitrogens with zero attached hydrogens (tertiary/aromatic N) is 2. The first kappa shape index (κ1) is 32.3. The van der Waals surface area contributed by atoms with Gasteiger partial charge in [0.1, 0.15) is 22.3 Å². The molecule has 12 rings (SSSR count). The van der Waals surface area contributed by atoms with Gasteiger partial charge in [-0.25, -0.2) is 4.98 Å². The second-order valence-electron chi connectivity index (χ2n) is 16.5. The van der Waals surface area contributed by atoms with Crippen molar-refractivity contribution in [2.75, 3.05) is 0 Å². The number of hydrogen-bond acceptors (Lipinski definition) is 4. The highest BCUT2D eigenvalue weighted by molar-refractivity contribution is 6.25. The molecular weight excluding hydrogens is 685 g/mol. The highest BCUT2D eigenvalue weighted by Crippen LogP contribution is 2.46. The molecule has 0 atom stereocenters. The fourth-order valence-corrected chi connectivity index (χ4v) is 10.5. The van der Waals surface area contributed by atoms with E-state index in [9.17, 15) is 0 Å². The summed E-state index contributed by atoms with van der Waals surface area (Å²) in [5.74, 6) is 1.23. The van der Waals surface area contributed by atoms with Crippen LogP contribution in [0.1, 0.15) is 87.2 Å². The fraction of sp³-hybridized carbons (Fsp3) is 0.231. The molecule has 4 heteroatoms. The van der Waals surface area contributed by atoms with Crippen molar-refractivity contribution in [1.82, 2.24) is 9.97 Å². The van der Waals surface area contributed by atoms with Crippen LogP contribution in [-0.2, 0) is 0 Å². The van der Waals surface area contributed by atoms with E-state index < -0.39 is 0 Å². The van der Waals surface area contributed by atoms with E-state index in [-0.39, 0.29) is 0 Å². The predicted molar refractivity (Wildman–Crippen MR) is 232 cm³/mol. The molecule has 0 bridgehead atoms. The Kier molecular flexibility index (Phi) is 7.36. The number of benzene rings is 7. The van der Waals surface area contributed by atoms with Crippen molar-refractivity contribution in [2.45, 2.75) is 76.0 Å². The van der Waals surface area contributed by atoms with Crippen LogP contribution in [0.2, 0.25) is 0 Å². The highest BCUT2D eigenvalue weighted by Gasteiger charge is 2.23. The number of rotatable bonds is 4. The summed E-state index contributed by atoms with van der Waals surface area (Å²) in [4.78, 5) is 10.9. The van der Waals surface area contributed by atoms with Crippen LogP contribution in [0, 0.1) is 0 Å². The van der Waals surface area contributed by atoms with Gasteiger partial charge in [-0.05, 0) is 101 Å². The summed E-state index contributed by atoms with van der Waals surface area (Å²) >= 11 is 0. The van der Waals surface area contributed by atoms with Crippen molar-refractivity contribution in [1.29, 1.82) is 0 Å². The Balaban J connectivity index is 1.08. The maximum absolute atomic E-state index is 6.70. The van der Waals surface area contributed by atoms with Crippen LogP contribution in [0.25, 0.3) is 98.8 Å². The lowest BCUT2D eigenvalue weighted by molar-refractivity contribution is 0.444. The molecule has 0 amide bonds. The van der Waals surface area contributed by atoms with E-state index in [0.29, 0.717) is 11.8 Å². The topological polar surface area (TPSA) is 52.1 Å². The third-order valence-corrected chi connectivity index (χ3v) is 13.3. The van der Waals surface area contributed by atoms with Crippen molar-refractivity contribution in [3.63, 3.8) is 0 Å². The van der Waals surface area contributed by atoms with Crippen molar-refractivity contribution < 1.29 is 8.83 Å². The average molecular weight is 727 g/mol. The minimum absolute atomic E-state index is 0.609. The molecule has 56 heavy (non-hydrogen) atoms. The molecule has 272 valence electrons. The first-order valence-corrected chi connectivity index (χ1v) is 20.8. The molecule has 0 saturated heterocycles. The van der Waals surface area contributed by atoms with Gasteiger partial charge in [-0.1, -0.05) is 117 Å². The molecule has 2 aliphatic rings. The Morgan fingerprint density at radius 1 is 0.446 bits per heavy atom. The number of para-hydroxylation sites is 2. The first-order chi connectivity index (χ1) is 27.7. The van der Waals surface area contributed by atoms with Gasteiger partial charge in [0.05, 0.1) is 22.9 Å². The smallest absolute Gasteiger partial charge is 0.144 e. The van der Waals surface area contributed by atoms with Crippen molar-refractivity contribution in [3.8, 4) is 22.4 Å². The molecule has 2 fully saturated rings. The van der Waals surface area contributed by atoms with Crippen molar-refractivity contribution in [3.05, 3.63) is 133 Å². The normalized spacial score (nSPS) is 16.1. The van der Waals surface area contributed by atoms with E-state index in [2.05, 4.69) is 91.0 Å². The van der Waals surface area contributed by atoms with Crippen LogP contribution < -0.4 is 0 Å². The van der Waals surface area contributed by atoms with E-state index in [1.165, 1.54) is 96.9 Å². The predicted octanol–water partition coefficient (Wildman–Crippen LogP) is 15.2. The lowest BCUT2D eigenvalue weighted by Gasteiger charge is -2.23. The van der Waals surface area contributed by atoms with Gasteiger partial charge in [-0.3, -0.25) is 4.98 Å². The lowest BCUT2D eigenvalue weighted by atomic mass is 9.82. The van der Waals surface area contributed by atoms with E-state index in [0.717, 1.165) is 77.3 Å². The monoisotopic (exact) mass is 726 g/mol. The zero-order chi connectivity index (χ0) is 36.7. The molecule has 0 radical (unpaired) electrons. The maximum atomic E-state index is 6.70. The Labute approximate surface area is 325 Å². The Bertz CT molecular complexity index is 3170. The number of hydrogen-bond donors (Lipinski definition) is 0. The summed E-state index contributed by atoms with van der Waals surface area (Å²) in [6.45, 7) is 0. The van der Waals surface area contributed by atoms with Gasteiger partial charge in [0, 0.05) is 43.4 Å². The van der Waals surface area contributed by atoms with Gasteiger partial charge in [-0.2, -0.15) is 0 Å². The van der Waals surface area contributed by atoms with Crippen LogP contribution in [0.3, 0.4) is 0 Å². The summed E-state index contributed by atoms with van der Waals surface area (Å²) in [7, 11) is 0. The zero-order valence-corrected chi connectivity index (χ0v) is 31.5. The summed E-state index contributed by atoms with van der Waals surface area (Å²) in [6.07, 6.45) is 15.0. The highest BCUT2D eigenvalue weighted by atomic mass is 16.3. The van der Waals surface area contributed by atoms with Crippen molar-refractivity contribution >= 4 is 76.5 Å². The maximum Gasteiger partial charge on any atom is 0.144 e. The molecule has 2 saturated carbocycles. The summed E-state index contributed by atoms with van der Waals surface area (Å²) in [5, 5.41) is 9.27. The molecule has 4 nitrogen and oxygen atoms in total. The molecule has 0 unspecified atom stereocenters. The molecule has 0 N–H and O–H groups in total. The van der Waals surface area contributed by atoms with E-state index >= 15 is 0 Å². The summed E-state index contributed by atoms with van der Waals surface area (Å²) in [6, 6.07) is 42.0. The molecule has 10 aromatic rings. The number of furan rings is 2. The van der Waals surface area contributed by atoms with E-state index in [1.807, 2.05) is 30.5 Å². The second kappa shape index (κ2) is 12.8. The van der Waals surface area contributed by atoms with Gasteiger partial charge in [0.2, 0.25) is 0 Å². The third-order valence-electron chi connectivity index (χ3n) is 13.3. The molecule has 0 aliphatic heterocycles.